The summed E-state index contributed by atoms with van der Waals surface area (Å²) in [6.45, 7) is 4.64. The Morgan fingerprint density at radius 2 is 1.47 bits per heavy atom. The number of unbranched alkanes of at least 4 members (excludes halogenated alkanes) is 5. The molecule has 0 radical (unpaired) electrons. The van der Waals surface area contributed by atoms with Crippen molar-refractivity contribution in [3.8, 4) is 5.75 Å². The maximum atomic E-state index is 12.1. The van der Waals surface area contributed by atoms with Gasteiger partial charge in [-0.1, -0.05) is 49.9 Å². The number of quaternary nitrogens is 1. The van der Waals surface area contributed by atoms with Crippen LogP contribution in [0, 0.1) is 0 Å². The zero-order valence-electron chi connectivity index (χ0n) is 22.2. The van der Waals surface area contributed by atoms with Crippen molar-refractivity contribution in [2.24, 2.45) is 0 Å². The first kappa shape index (κ1) is 30.4. The molecular weight excluding hydrogens is 567 g/mol. The molecule has 2 aromatic rings. The van der Waals surface area contributed by atoms with Gasteiger partial charge in [0.2, 0.25) is 0 Å². The van der Waals surface area contributed by atoms with Crippen LogP contribution < -0.4 is 38.1 Å². The highest BCUT2D eigenvalue weighted by atomic mass is 127. The Kier molecular flexibility index (Phi) is 13.6. The van der Waals surface area contributed by atoms with Gasteiger partial charge in [-0.15, -0.1) is 0 Å². The molecule has 1 heterocycles. The van der Waals surface area contributed by atoms with Crippen LogP contribution in [0.1, 0.15) is 44.1 Å². The molecule has 0 aromatic heterocycles. The summed E-state index contributed by atoms with van der Waals surface area (Å²) in [5, 5.41) is 0. The van der Waals surface area contributed by atoms with Crippen molar-refractivity contribution >= 4 is 17.3 Å². The Bertz CT molecular complexity index is 893. The lowest BCUT2D eigenvalue weighted by Crippen LogP contribution is -3.00. The fourth-order valence-corrected chi connectivity index (χ4v) is 4.20. The topological polar surface area (TPSA) is 48.0 Å². The maximum Gasteiger partial charge on any atom is 0.310 e. The van der Waals surface area contributed by atoms with Crippen molar-refractivity contribution in [3.05, 3.63) is 54.1 Å². The average molecular weight is 611 g/mol. The van der Waals surface area contributed by atoms with Crippen LogP contribution in [0.4, 0.5) is 11.4 Å². The third kappa shape index (κ3) is 10.6. The van der Waals surface area contributed by atoms with Crippen LogP contribution in [0.5, 0.6) is 5.75 Å². The van der Waals surface area contributed by atoms with Crippen molar-refractivity contribution in [3.63, 3.8) is 0 Å². The highest BCUT2D eigenvalue weighted by molar-refractivity contribution is 5.72. The lowest BCUT2D eigenvalue weighted by molar-refractivity contribution is -0.142. The molecule has 0 aliphatic carbocycles. The molecular formula is C29H43IN2O4. The number of esters is 1. The number of nitrogens with zero attached hydrogens (tertiary/aromatic N) is 2. The Morgan fingerprint density at radius 1 is 0.861 bits per heavy atom. The van der Waals surface area contributed by atoms with E-state index in [1.165, 1.54) is 17.8 Å². The fraction of sp³-hybridized carbons (Fsp3) is 0.552. The Labute approximate surface area is 234 Å². The Balaban J connectivity index is 0.00000456. The van der Waals surface area contributed by atoms with E-state index < -0.39 is 0 Å². The van der Waals surface area contributed by atoms with Crippen molar-refractivity contribution in [1.82, 2.24) is 4.48 Å². The monoisotopic (exact) mass is 610 g/mol. The summed E-state index contributed by atoms with van der Waals surface area (Å²) in [7, 11) is 6.39. The minimum absolute atomic E-state index is 0. The number of halogens is 1. The van der Waals surface area contributed by atoms with Crippen molar-refractivity contribution < 1.29 is 43.0 Å². The first-order chi connectivity index (χ1) is 16.9. The molecule has 0 unspecified atom stereocenters. The summed E-state index contributed by atoms with van der Waals surface area (Å²) in [6.07, 6.45) is 6.91. The van der Waals surface area contributed by atoms with E-state index in [9.17, 15) is 4.79 Å². The SMILES string of the molecule is C[N+](C)(C)c1ccc(CC(=O)OCCCCCCCCOc2ccccc2N2CCOCC2)cc1.[I-]. The van der Waals surface area contributed by atoms with E-state index in [0.717, 1.165) is 80.8 Å². The second kappa shape index (κ2) is 16.1. The van der Waals surface area contributed by atoms with Crippen molar-refractivity contribution in [1.29, 1.82) is 0 Å². The highest BCUT2D eigenvalue weighted by Crippen LogP contribution is 2.28. The number of carbonyl (C=O) groups excluding carboxylic acids is 1. The van der Waals surface area contributed by atoms with Gasteiger partial charge >= 0.3 is 5.97 Å². The molecule has 0 bridgehead atoms. The number of hydrogen-bond acceptors (Lipinski definition) is 5. The molecule has 3 rings (SSSR count). The van der Waals surface area contributed by atoms with Gasteiger partial charge in [-0.2, -0.15) is 0 Å². The largest absolute Gasteiger partial charge is 1.00 e. The predicted molar refractivity (Wildman–Crippen MR) is 143 cm³/mol. The molecule has 7 heteroatoms. The number of anilines is 1. The smallest absolute Gasteiger partial charge is 0.310 e. The van der Waals surface area contributed by atoms with Crippen molar-refractivity contribution in [2.45, 2.75) is 44.9 Å². The van der Waals surface area contributed by atoms with Gasteiger partial charge in [0.05, 0.1) is 59.7 Å². The lowest BCUT2D eigenvalue weighted by Gasteiger charge is -2.30. The summed E-state index contributed by atoms with van der Waals surface area (Å²) in [5.41, 5.74) is 3.39. The minimum Gasteiger partial charge on any atom is -1.00 e. The van der Waals surface area contributed by atoms with E-state index in [4.69, 9.17) is 14.2 Å². The van der Waals surface area contributed by atoms with Crippen LogP contribution >= 0.6 is 0 Å². The summed E-state index contributed by atoms with van der Waals surface area (Å²) < 4.78 is 17.7. The molecule has 36 heavy (non-hydrogen) atoms. The first-order valence-electron chi connectivity index (χ1n) is 13.0. The number of para-hydroxylation sites is 2. The molecule has 0 amide bonds. The van der Waals surface area contributed by atoms with Crippen LogP contribution in [0.25, 0.3) is 0 Å². The maximum absolute atomic E-state index is 12.1. The highest BCUT2D eigenvalue weighted by Gasteiger charge is 2.15. The number of benzene rings is 2. The van der Waals surface area contributed by atoms with E-state index in [0.29, 0.717) is 13.0 Å². The second-order valence-electron chi connectivity index (χ2n) is 10.1. The molecule has 0 atom stereocenters. The molecule has 2 aromatic carbocycles. The van der Waals surface area contributed by atoms with Crippen LogP contribution in [0.2, 0.25) is 0 Å². The number of ether oxygens (including phenoxy) is 3. The van der Waals surface area contributed by atoms with Crippen LogP contribution in [0.15, 0.2) is 48.5 Å². The predicted octanol–water partition coefficient (Wildman–Crippen LogP) is 2.23. The van der Waals surface area contributed by atoms with E-state index in [2.05, 4.69) is 56.4 Å². The number of carbonyl (C=O) groups is 1. The Hall–Kier alpha value is -1.84. The number of morpholine rings is 1. The van der Waals surface area contributed by atoms with Gasteiger partial charge in [-0.3, -0.25) is 9.28 Å². The molecule has 6 nitrogen and oxygen atoms in total. The standard InChI is InChI=1S/C29H43N2O4.HI/c1-31(2,3)26-16-14-25(15-17-26)24-29(32)35-21-11-7-5-4-6-10-20-34-28-13-9-8-12-27(28)30-18-22-33-23-19-30;/h8-9,12-17H,4-7,10-11,18-24H2,1-3H3;1H/q+1;/p-1. The van der Waals surface area contributed by atoms with Crippen LogP contribution in [-0.4, -0.2) is 66.6 Å². The third-order valence-corrected chi connectivity index (χ3v) is 6.34. The quantitative estimate of drug-likeness (QED) is 0.142. The molecule has 0 saturated carbocycles. The van der Waals surface area contributed by atoms with Gasteiger partial charge in [0, 0.05) is 13.1 Å². The summed E-state index contributed by atoms with van der Waals surface area (Å²) in [5.74, 6) is 0.832. The first-order valence-corrected chi connectivity index (χ1v) is 13.0. The van der Waals surface area contributed by atoms with E-state index >= 15 is 0 Å². The van der Waals surface area contributed by atoms with Crippen molar-refractivity contribution in [2.75, 3.05) is 65.6 Å². The number of rotatable bonds is 14. The van der Waals surface area contributed by atoms with Crippen LogP contribution in [0.3, 0.4) is 0 Å². The van der Waals surface area contributed by atoms with Crippen LogP contribution in [-0.2, 0) is 20.7 Å². The van der Waals surface area contributed by atoms with E-state index in [1.807, 2.05) is 18.2 Å². The zero-order valence-corrected chi connectivity index (χ0v) is 24.4. The van der Waals surface area contributed by atoms with E-state index in [1.54, 1.807) is 0 Å². The van der Waals surface area contributed by atoms with Gasteiger partial charge in [0.1, 0.15) is 11.4 Å². The van der Waals surface area contributed by atoms with E-state index in [-0.39, 0.29) is 29.9 Å². The zero-order chi connectivity index (χ0) is 24.9. The lowest BCUT2D eigenvalue weighted by atomic mass is 10.1. The third-order valence-electron chi connectivity index (χ3n) is 6.34. The van der Waals surface area contributed by atoms with Gasteiger partial charge in [-0.25, -0.2) is 0 Å². The molecule has 1 aliphatic heterocycles. The second-order valence-corrected chi connectivity index (χ2v) is 10.1. The van der Waals surface area contributed by atoms with Gasteiger partial charge in [0.25, 0.3) is 0 Å². The van der Waals surface area contributed by atoms with Gasteiger partial charge < -0.3 is 43.1 Å². The van der Waals surface area contributed by atoms with Gasteiger partial charge in [0.15, 0.2) is 0 Å². The molecule has 1 aliphatic rings. The number of hydrogen-bond donors (Lipinski definition) is 0. The summed E-state index contributed by atoms with van der Waals surface area (Å²) >= 11 is 0. The molecule has 200 valence electrons. The fourth-order valence-electron chi connectivity index (χ4n) is 4.20. The summed E-state index contributed by atoms with van der Waals surface area (Å²) in [4.78, 5) is 14.4. The molecule has 1 fully saturated rings. The molecule has 0 spiro atoms. The molecule has 0 N–H and O–H groups in total. The Morgan fingerprint density at radius 3 is 2.14 bits per heavy atom. The normalized spacial score (nSPS) is 13.7. The average Bonchev–Trinajstić information content (AvgIpc) is 2.86. The summed E-state index contributed by atoms with van der Waals surface area (Å²) in [6, 6.07) is 16.5. The van der Waals surface area contributed by atoms with Gasteiger partial charge in [-0.05, 0) is 42.7 Å². The molecule has 1 saturated heterocycles. The minimum atomic E-state index is -0.141.